The van der Waals surface area contributed by atoms with Crippen LogP contribution in [-0.4, -0.2) is 27.7 Å². The fourth-order valence-corrected chi connectivity index (χ4v) is 1.62. The lowest BCUT2D eigenvalue weighted by molar-refractivity contribution is 0.172. The van der Waals surface area contributed by atoms with E-state index >= 15 is 0 Å². The van der Waals surface area contributed by atoms with Gasteiger partial charge in [0.1, 0.15) is 0 Å². The van der Waals surface area contributed by atoms with Gasteiger partial charge in [-0.3, -0.25) is 0 Å². The lowest BCUT2D eigenvalue weighted by Crippen LogP contribution is -2.27. The number of hydrogen-bond donors (Lipinski definition) is 3. The van der Waals surface area contributed by atoms with Crippen LogP contribution in [0.3, 0.4) is 0 Å². The average Bonchev–Trinajstić information content (AvgIpc) is 2.72. The number of aliphatic hydroxyl groups excluding tert-OH is 1. The van der Waals surface area contributed by atoms with Crippen molar-refractivity contribution in [2.45, 2.75) is 26.0 Å². The van der Waals surface area contributed by atoms with Crippen LogP contribution in [-0.2, 0) is 0 Å². The maximum Gasteiger partial charge on any atom is 0.0931 e. The summed E-state index contributed by atoms with van der Waals surface area (Å²) in [5.41, 5.74) is 2.78. The summed E-state index contributed by atoms with van der Waals surface area (Å²) in [6, 6.07) is 6.16. The van der Waals surface area contributed by atoms with Gasteiger partial charge in [-0.15, -0.1) is 0 Å². The van der Waals surface area contributed by atoms with Gasteiger partial charge in [0.15, 0.2) is 0 Å². The van der Waals surface area contributed by atoms with Crippen molar-refractivity contribution in [3.05, 3.63) is 30.1 Å². The number of fused-ring (bicyclic) bond motifs is 1. The zero-order chi connectivity index (χ0) is 11.5. The smallest absolute Gasteiger partial charge is 0.0931 e. The Hall–Kier alpha value is -1.39. The number of nitrogens with zero attached hydrogens (tertiary/aromatic N) is 1. The summed E-state index contributed by atoms with van der Waals surface area (Å²) in [7, 11) is 0. The summed E-state index contributed by atoms with van der Waals surface area (Å²) in [6.07, 6.45) is 1.18. The van der Waals surface area contributed by atoms with E-state index in [0.717, 1.165) is 16.6 Å². The van der Waals surface area contributed by atoms with Crippen molar-refractivity contribution in [3.8, 4) is 0 Å². The molecular formula is C12H17N3O. The number of aromatic amines is 1. The molecular weight excluding hydrogens is 202 g/mol. The van der Waals surface area contributed by atoms with Crippen molar-refractivity contribution in [1.29, 1.82) is 0 Å². The van der Waals surface area contributed by atoms with Crippen LogP contribution < -0.4 is 5.32 Å². The molecule has 0 aliphatic carbocycles. The Morgan fingerprint density at radius 2 is 2.25 bits per heavy atom. The van der Waals surface area contributed by atoms with Gasteiger partial charge in [0.2, 0.25) is 0 Å². The van der Waals surface area contributed by atoms with Crippen LogP contribution >= 0.6 is 0 Å². The van der Waals surface area contributed by atoms with E-state index in [1.54, 1.807) is 6.33 Å². The molecule has 0 aliphatic rings. The molecule has 2 rings (SSSR count). The van der Waals surface area contributed by atoms with E-state index in [2.05, 4.69) is 29.1 Å². The molecule has 0 amide bonds. The number of hydrogen-bond acceptors (Lipinski definition) is 3. The monoisotopic (exact) mass is 219 g/mol. The highest BCUT2D eigenvalue weighted by molar-refractivity contribution is 5.75. The minimum Gasteiger partial charge on any atom is -0.387 e. The number of nitrogens with one attached hydrogen (secondary N) is 2. The van der Waals surface area contributed by atoms with Crippen molar-refractivity contribution >= 4 is 11.0 Å². The second kappa shape index (κ2) is 4.63. The fourth-order valence-electron chi connectivity index (χ4n) is 1.62. The summed E-state index contributed by atoms with van der Waals surface area (Å²) >= 11 is 0. The third-order valence-electron chi connectivity index (χ3n) is 2.55. The number of aromatic nitrogens is 2. The van der Waals surface area contributed by atoms with E-state index in [4.69, 9.17) is 0 Å². The maximum atomic E-state index is 9.97. The summed E-state index contributed by atoms with van der Waals surface area (Å²) in [6.45, 7) is 4.68. The first-order valence-electron chi connectivity index (χ1n) is 5.51. The predicted octanol–water partition coefficient (Wildman–Crippen LogP) is 1.59. The maximum absolute atomic E-state index is 9.97. The number of imidazole rings is 1. The lowest BCUT2D eigenvalue weighted by atomic mass is 10.1. The summed E-state index contributed by atoms with van der Waals surface area (Å²) in [5.74, 6) is 0. The Balaban J connectivity index is 2.12. The van der Waals surface area contributed by atoms with Crippen LogP contribution in [0.2, 0.25) is 0 Å². The molecule has 1 aromatic heterocycles. The molecule has 0 radical (unpaired) electrons. The summed E-state index contributed by atoms with van der Waals surface area (Å²) in [5, 5.41) is 13.2. The van der Waals surface area contributed by atoms with E-state index in [1.165, 1.54) is 0 Å². The molecule has 3 N–H and O–H groups in total. The van der Waals surface area contributed by atoms with Crippen molar-refractivity contribution in [2.24, 2.45) is 0 Å². The predicted molar refractivity (Wildman–Crippen MR) is 64.2 cm³/mol. The highest BCUT2D eigenvalue weighted by Gasteiger charge is 2.09. The minimum atomic E-state index is -0.483. The molecule has 2 aromatic rings. The van der Waals surface area contributed by atoms with E-state index in [9.17, 15) is 5.11 Å². The van der Waals surface area contributed by atoms with Gasteiger partial charge in [-0.1, -0.05) is 19.9 Å². The van der Waals surface area contributed by atoms with Gasteiger partial charge < -0.3 is 15.4 Å². The molecule has 0 spiro atoms. The lowest BCUT2D eigenvalue weighted by Gasteiger charge is -2.14. The molecule has 4 heteroatoms. The van der Waals surface area contributed by atoms with Gasteiger partial charge in [0.25, 0.3) is 0 Å². The molecule has 4 nitrogen and oxygen atoms in total. The van der Waals surface area contributed by atoms with Crippen LogP contribution in [0.25, 0.3) is 11.0 Å². The third-order valence-corrected chi connectivity index (χ3v) is 2.55. The molecule has 0 saturated heterocycles. The third kappa shape index (κ3) is 2.40. The number of benzene rings is 1. The second-order valence-electron chi connectivity index (χ2n) is 4.26. The molecule has 86 valence electrons. The molecule has 16 heavy (non-hydrogen) atoms. The van der Waals surface area contributed by atoms with Gasteiger partial charge in [-0.2, -0.15) is 0 Å². The van der Waals surface area contributed by atoms with Crippen LogP contribution in [0.4, 0.5) is 0 Å². The first kappa shape index (κ1) is 11.1. The molecule has 1 atom stereocenters. The molecule has 0 bridgehead atoms. The normalized spacial score (nSPS) is 13.5. The Bertz CT molecular complexity index is 464. The Labute approximate surface area is 94.7 Å². The average molecular weight is 219 g/mol. The molecule has 0 saturated carbocycles. The van der Waals surface area contributed by atoms with Gasteiger partial charge in [-0.05, 0) is 17.7 Å². The van der Waals surface area contributed by atoms with Crippen molar-refractivity contribution < 1.29 is 5.11 Å². The van der Waals surface area contributed by atoms with E-state index in [0.29, 0.717) is 12.6 Å². The summed E-state index contributed by atoms with van der Waals surface area (Å²) in [4.78, 5) is 7.20. The zero-order valence-electron chi connectivity index (χ0n) is 9.57. The Morgan fingerprint density at radius 1 is 1.44 bits per heavy atom. The Morgan fingerprint density at radius 3 is 3.00 bits per heavy atom. The first-order valence-corrected chi connectivity index (χ1v) is 5.51. The number of H-pyrrole nitrogens is 1. The Kier molecular flexibility index (Phi) is 3.22. The first-order chi connectivity index (χ1) is 7.66. The number of aliphatic hydroxyl groups is 1. The minimum absolute atomic E-state index is 0.378. The summed E-state index contributed by atoms with van der Waals surface area (Å²) < 4.78 is 0. The van der Waals surface area contributed by atoms with Gasteiger partial charge in [0.05, 0.1) is 23.5 Å². The largest absolute Gasteiger partial charge is 0.387 e. The van der Waals surface area contributed by atoms with Crippen LogP contribution in [0.5, 0.6) is 0 Å². The van der Waals surface area contributed by atoms with Gasteiger partial charge in [-0.25, -0.2) is 4.98 Å². The molecule has 0 fully saturated rings. The SMILES string of the molecule is CC(C)NC[C@@H](O)c1ccc2[nH]cnc2c1. The van der Waals surface area contributed by atoms with E-state index in [1.807, 2.05) is 18.2 Å². The van der Waals surface area contributed by atoms with Crippen LogP contribution in [0.15, 0.2) is 24.5 Å². The van der Waals surface area contributed by atoms with Gasteiger partial charge in [0, 0.05) is 12.6 Å². The molecule has 0 aliphatic heterocycles. The van der Waals surface area contributed by atoms with Crippen molar-refractivity contribution in [2.75, 3.05) is 6.54 Å². The van der Waals surface area contributed by atoms with Crippen LogP contribution in [0, 0.1) is 0 Å². The van der Waals surface area contributed by atoms with Crippen molar-refractivity contribution in [3.63, 3.8) is 0 Å². The second-order valence-corrected chi connectivity index (χ2v) is 4.26. The zero-order valence-corrected chi connectivity index (χ0v) is 9.57. The van der Waals surface area contributed by atoms with E-state index in [-0.39, 0.29) is 0 Å². The quantitative estimate of drug-likeness (QED) is 0.732. The molecule has 1 aromatic carbocycles. The van der Waals surface area contributed by atoms with Gasteiger partial charge >= 0.3 is 0 Å². The topological polar surface area (TPSA) is 60.9 Å². The molecule has 1 heterocycles. The number of rotatable bonds is 4. The van der Waals surface area contributed by atoms with E-state index < -0.39 is 6.10 Å². The fraction of sp³-hybridized carbons (Fsp3) is 0.417. The highest BCUT2D eigenvalue weighted by Crippen LogP contribution is 2.17. The van der Waals surface area contributed by atoms with Crippen LogP contribution in [0.1, 0.15) is 25.5 Å². The van der Waals surface area contributed by atoms with Crippen molar-refractivity contribution in [1.82, 2.24) is 15.3 Å². The standard InChI is InChI=1S/C12H17N3O/c1-8(2)13-6-12(16)9-3-4-10-11(5-9)15-7-14-10/h3-5,7-8,12-13,16H,6H2,1-2H3,(H,14,15)/t12-/m1/s1. The highest BCUT2D eigenvalue weighted by atomic mass is 16.3. The molecule has 0 unspecified atom stereocenters.